The van der Waals surface area contributed by atoms with Gasteiger partial charge in [-0.2, -0.15) is 11.3 Å². The maximum atomic E-state index is 12.2. The van der Waals surface area contributed by atoms with Crippen molar-refractivity contribution in [3.63, 3.8) is 0 Å². The molecule has 2 N–H and O–H groups in total. The molecule has 7 heteroatoms. The van der Waals surface area contributed by atoms with Crippen molar-refractivity contribution < 1.29 is 13.5 Å². The van der Waals surface area contributed by atoms with Crippen molar-refractivity contribution in [2.75, 3.05) is 0 Å². The molecule has 0 amide bonds. The lowest BCUT2D eigenvalue weighted by atomic mass is 10.2. The Labute approximate surface area is 122 Å². The maximum absolute atomic E-state index is 12.2. The number of hydrogen-bond donors (Lipinski definition) is 2. The molecule has 0 aliphatic rings. The molecule has 20 heavy (non-hydrogen) atoms. The second-order valence-corrected chi connectivity index (χ2v) is 7.03. The van der Waals surface area contributed by atoms with Crippen molar-refractivity contribution in [1.29, 1.82) is 0 Å². The number of nitrogens with zero attached hydrogens (tertiary/aromatic N) is 1. The second kappa shape index (κ2) is 6.09. The second-order valence-electron chi connectivity index (χ2n) is 4.52. The quantitative estimate of drug-likeness (QED) is 0.855. The molecule has 0 fully saturated rings. The average molecular weight is 314 g/mol. The van der Waals surface area contributed by atoms with Gasteiger partial charge in [0.25, 0.3) is 0 Å². The minimum Gasteiger partial charge on any atom is -0.390 e. The first-order valence-corrected chi connectivity index (χ1v) is 8.71. The minimum absolute atomic E-state index is 0.174. The highest BCUT2D eigenvalue weighted by Gasteiger charge is 2.18. The van der Waals surface area contributed by atoms with E-state index in [1.807, 2.05) is 24.6 Å². The van der Waals surface area contributed by atoms with Gasteiger partial charge in [0.05, 0.1) is 11.5 Å². The summed E-state index contributed by atoms with van der Waals surface area (Å²) in [5, 5.41) is 13.1. The Kier molecular flexibility index (Phi) is 4.64. The summed E-state index contributed by atoms with van der Waals surface area (Å²) >= 11 is 1.55. The van der Waals surface area contributed by atoms with Crippen LogP contribution in [0, 0.1) is 6.92 Å². The number of aryl methyl sites for hydroxylation is 2. The fraction of sp³-hybridized carbons (Fsp3) is 0.385. The highest BCUT2D eigenvalue weighted by Crippen LogP contribution is 2.17. The predicted molar refractivity (Wildman–Crippen MR) is 79.1 cm³/mol. The summed E-state index contributed by atoms with van der Waals surface area (Å²) in [6.45, 7) is 4.58. The molecule has 0 bridgehead atoms. The van der Waals surface area contributed by atoms with Crippen LogP contribution in [0.2, 0.25) is 0 Å². The Morgan fingerprint density at radius 3 is 2.65 bits per heavy atom. The van der Waals surface area contributed by atoms with Gasteiger partial charge in [-0.05, 0) is 41.8 Å². The fourth-order valence-corrected chi connectivity index (χ4v) is 3.85. The van der Waals surface area contributed by atoms with E-state index in [4.69, 9.17) is 0 Å². The Bertz CT molecular complexity index is 665. The molecule has 5 nitrogen and oxygen atoms in total. The zero-order valence-corrected chi connectivity index (χ0v) is 13.1. The van der Waals surface area contributed by atoms with Crippen LogP contribution in [0.25, 0.3) is 0 Å². The number of aliphatic hydroxyl groups is 1. The molecule has 110 valence electrons. The van der Waals surface area contributed by atoms with Crippen LogP contribution in [0.15, 0.2) is 27.9 Å². The third-order valence-corrected chi connectivity index (χ3v) is 5.47. The van der Waals surface area contributed by atoms with Crippen molar-refractivity contribution >= 4 is 21.4 Å². The molecule has 0 aliphatic carbocycles. The monoisotopic (exact) mass is 314 g/mol. The molecule has 0 unspecified atom stereocenters. The van der Waals surface area contributed by atoms with E-state index in [2.05, 4.69) is 4.72 Å². The normalized spacial score (nSPS) is 11.9. The first-order chi connectivity index (χ1) is 9.47. The average Bonchev–Trinajstić information content (AvgIpc) is 3.02. The number of sulfonamides is 1. The fourth-order valence-electron chi connectivity index (χ4n) is 1.92. The Hall–Kier alpha value is -1.15. The lowest BCUT2D eigenvalue weighted by Gasteiger charge is -2.04. The Balaban J connectivity index is 2.18. The van der Waals surface area contributed by atoms with E-state index in [9.17, 15) is 13.5 Å². The van der Waals surface area contributed by atoms with Gasteiger partial charge >= 0.3 is 0 Å². The zero-order valence-electron chi connectivity index (χ0n) is 11.5. The summed E-state index contributed by atoms with van der Waals surface area (Å²) < 4.78 is 28.8. The third-order valence-electron chi connectivity index (χ3n) is 3.19. The van der Waals surface area contributed by atoms with Crippen molar-refractivity contribution in [1.82, 2.24) is 9.29 Å². The third kappa shape index (κ3) is 3.12. The molecule has 0 spiro atoms. The summed E-state index contributed by atoms with van der Waals surface area (Å²) in [4.78, 5) is 0.191. The molecule has 0 aliphatic heterocycles. The molecular formula is C13H18N2O3S2. The molecule has 2 aromatic rings. The van der Waals surface area contributed by atoms with Crippen molar-refractivity contribution in [2.45, 2.75) is 38.4 Å². The van der Waals surface area contributed by atoms with E-state index in [1.54, 1.807) is 22.1 Å². The Morgan fingerprint density at radius 2 is 2.15 bits per heavy atom. The molecule has 0 radical (unpaired) electrons. The number of rotatable bonds is 6. The summed E-state index contributed by atoms with van der Waals surface area (Å²) in [6.07, 6.45) is 1.55. The topological polar surface area (TPSA) is 71.3 Å². The maximum Gasteiger partial charge on any atom is 0.242 e. The smallest absolute Gasteiger partial charge is 0.242 e. The number of aromatic nitrogens is 1. The summed E-state index contributed by atoms with van der Waals surface area (Å²) in [5.74, 6) is 0. The highest BCUT2D eigenvalue weighted by molar-refractivity contribution is 7.89. The van der Waals surface area contributed by atoms with E-state index in [-0.39, 0.29) is 18.0 Å². The van der Waals surface area contributed by atoms with Crippen LogP contribution in [0.1, 0.15) is 23.7 Å². The van der Waals surface area contributed by atoms with Crippen molar-refractivity contribution in [3.8, 4) is 0 Å². The number of nitrogens with one attached hydrogen (secondary N) is 1. The molecule has 0 aromatic carbocycles. The van der Waals surface area contributed by atoms with Gasteiger partial charge in [0.1, 0.15) is 0 Å². The van der Waals surface area contributed by atoms with Crippen LogP contribution >= 0.6 is 11.3 Å². The van der Waals surface area contributed by atoms with Gasteiger partial charge in [0.15, 0.2) is 0 Å². The van der Waals surface area contributed by atoms with Crippen LogP contribution in [0.3, 0.4) is 0 Å². The van der Waals surface area contributed by atoms with E-state index >= 15 is 0 Å². The molecular weight excluding hydrogens is 296 g/mol. The zero-order chi connectivity index (χ0) is 14.8. The van der Waals surface area contributed by atoms with Crippen LogP contribution < -0.4 is 4.72 Å². The lowest BCUT2D eigenvalue weighted by Crippen LogP contribution is -2.23. The number of thiophene rings is 1. The van der Waals surface area contributed by atoms with E-state index in [0.29, 0.717) is 12.2 Å². The van der Waals surface area contributed by atoms with Crippen molar-refractivity contribution in [3.05, 3.63) is 39.8 Å². The van der Waals surface area contributed by atoms with Gasteiger partial charge in [0, 0.05) is 25.0 Å². The SMILES string of the molecule is CCn1cc(S(=O)(=O)NCc2cscc2C)cc1CO. The van der Waals surface area contributed by atoms with Crippen LogP contribution in [0.4, 0.5) is 0 Å². The van der Waals surface area contributed by atoms with E-state index in [1.165, 1.54) is 6.07 Å². The van der Waals surface area contributed by atoms with Gasteiger partial charge in [-0.15, -0.1) is 0 Å². The van der Waals surface area contributed by atoms with Gasteiger partial charge in [-0.25, -0.2) is 13.1 Å². The minimum atomic E-state index is -3.55. The molecule has 2 heterocycles. The highest BCUT2D eigenvalue weighted by atomic mass is 32.2. The van der Waals surface area contributed by atoms with Crippen LogP contribution in [0.5, 0.6) is 0 Å². The molecule has 2 aromatic heterocycles. The summed E-state index contributed by atoms with van der Waals surface area (Å²) in [6, 6.07) is 1.51. The van der Waals surface area contributed by atoms with E-state index < -0.39 is 10.0 Å². The van der Waals surface area contributed by atoms with Gasteiger partial charge in [-0.3, -0.25) is 0 Å². The summed E-state index contributed by atoms with van der Waals surface area (Å²) in [7, 11) is -3.55. The van der Waals surface area contributed by atoms with Crippen LogP contribution in [-0.4, -0.2) is 18.1 Å². The largest absolute Gasteiger partial charge is 0.390 e. The van der Waals surface area contributed by atoms with Gasteiger partial charge in [0.2, 0.25) is 10.0 Å². The van der Waals surface area contributed by atoms with Crippen LogP contribution in [-0.2, 0) is 29.7 Å². The number of hydrogen-bond acceptors (Lipinski definition) is 4. The molecule has 0 saturated heterocycles. The van der Waals surface area contributed by atoms with E-state index in [0.717, 1.165) is 11.1 Å². The molecule has 0 saturated carbocycles. The molecule has 2 rings (SSSR count). The first kappa shape index (κ1) is 15.2. The Morgan fingerprint density at radius 1 is 1.40 bits per heavy atom. The first-order valence-electron chi connectivity index (χ1n) is 6.29. The standard InChI is InChI=1S/C13H18N2O3S2/c1-3-15-6-13(4-12(15)7-16)20(17,18)14-5-11-9-19-8-10(11)2/h4,6,8-9,14,16H,3,5,7H2,1-2H3. The van der Waals surface area contributed by atoms with Gasteiger partial charge in [-0.1, -0.05) is 0 Å². The summed E-state index contributed by atoms with van der Waals surface area (Å²) in [5.41, 5.74) is 2.66. The lowest BCUT2D eigenvalue weighted by molar-refractivity contribution is 0.271. The van der Waals surface area contributed by atoms with Crippen molar-refractivity contribution in [2.24, 2.45) is 0 Å². The molecule has 0 atom stereocenters. The number of aliphatic hydroxyl groups excluding tert-OH is 1. The van der Waals surface area contributed by atoms with Gasteiger partial charge < -0.3 is 9.67 Å². The predicted octanol–water partition coefficient (Wildman–Crippen LogP) is 1.85.